The minimum absolute atomic E-state index is 0. The van der Waals surface area contributed by atoms with Crippen molar-refractivity contribution in [2.45, 2.75) is 27.2 Å². The summed E-state index contributed by atoms with van der Waals surface area (Å²) in [7, 11) is -2.58. The third-order valence-electron chi connectivity index (χ3n) is 6.89. The molecule has 0 saturated carbocycles. The summed E-state index contributed by atoms with van der Waals surface area (Å²) in [5.74, 6) is 0. The maximum absolute atomic E-state index is 2.58. The second-order valence-electron chi connectivity index (χ2n) is 9.40. The van der Waals surface area contributed by atoms with E-state index >= 15 is 0 Å². The molecule has 0 saturated heterocycles. The molecule has 4 aromatic rings. The van der Waals surface area contributed by atoms with Gasteiger partial charge in [-0.25, -0.2) is 0 Å². The van der Waals surface area contributed by atoms with E-state index in [0.29, 0.717) is 0 Å². The van der Waals surface area contributed by atoms with Crippen LogP contribution >= 0.6 is 0 Å². The predicted molar refractivity (Wildman–Crippen MR) is 144 cm³/mol. The van der Waals surface area contributed by atoms with Crippen LogP contribution in [0.1, 0.15) is 28.7 Å². The molecule has 186 valence electrons. The first-order chi connectivity index (χ1) is 16.5. The molecule has 0 heterocycles. The Kier molecular flexibility index (Phi) is 11.3. The van der Waals surface area contributed by atoms with Crippen LogP contribution in [-0.4, -0.2) is 8.07 Å². The molecule has 1 aliphatic rings. The van der Waals surface area contributed by atoms with Crippen molar-refractivity contribution >= 4 is 29.2 Å². The van der Waals surface area contributed by atoms with Gasteiger partial charge in [-0.2, -0.15) is 0 Å². The maximum Gasteiger partial charge on any atom is -1.00 e. The van der Waals surface area contributed by atoms with Gasteiger partial charge in [-0.1, -0.05) is 0 Å². The second-order valence-corrected chi connectivity index (χ2v) is 14.1. The molecule has 5 rings (SSSR count). The van der Waals surface area contributed by atoms with Crippen molar-refractivity contribution in [2.75, 3.05) is 0 Å². The van der Waals surface area contributed by atoms with Crippen molar-refractivity contribution in [1.82, 2.24) is 0 Å². The van der Waals surface area contributed by atoms with Crippen LogP contribution in [0.4, 0.5) is 0 Å². The van der Waals surface area contributed by atoms with E-state index in [2.05, 4.69) is 150 Å². The Hall–Kier alpha value is -1.84. The number of allylic oxidation sites excluding steroid dienone is 4. The van der Waals surface area contributed by atoms with Crippen LogP contribution in [0.15, 0.2) is 118 Å². The van der Waals surface area contributed by atoms with Gasteiger partial charge in [0.05, 0.1) is 0 Å². The largest absolute Gasteiger partial charge is 1.00 e. The van der Waals surface area contributed by atoms with Crippen LogP contribution in [0, 0.1) is 20.8 Å². The van der Waals surface area contributed by atoms with Crippen LogP contribution < -0.4 is 52.8 Å². The zero-order valence-corrected chi connectivity index (χ0v) is 26.1. The third kappa shape index (κ3) is 5.93. The SMILES string of the molecule is Cc1cccc([Si](C2=[C]([Ti+3])CC=C2c2ccccc2)(c2cccc(C)c2)c2cccc(C)c2)c1.[Cl-].[Cl-].[Cl-]. The monoisotopic (exact) mass is 594 g/mol. The van der Waals surface area contributed by atoms with Crippen molar-refractivity contribution in [2.24, 2.45) is 0 Å². The van der Waals surface area contributed by atoms with E-state index in [-0.39, 0.29) is 37.2 Å². The number of hydrogen-bond donors (Lipinski definition) is 0. The summed E-state index contributed by atoms with van der Waals surface area (Å²) in [6.45, 7) is 6.66. The number of hydrogen-bond acceptors (Lipinski definition) is 0. The first-order valence-electron chi connectivity index (χ1n) is 11.9. The smallest absolute Gasteiger partial charge is 1.00 e. The Morgan fingerprint density at radius 1 is 0.568 bits per heavy atom. The Morgan fingerprint density at radius 3 is 1.41 bits per heavy atom. The van der Waals surface area contributed by atoms with Gasteiger partial charge in [0.15, 0.2) is 0 Å². The summed E-state index contributed by atoms with van der Waals surface area (Å²) >= 11 is 2.35. The summed E-state index contributed by atoms with van der Waals surface area (Å²) in [5, 5.41) is 5.94. The van der Waals surface area contributed by atoms with Gasteiger partial charge >= 0.3 is 217 Å². The standard InChI is InChI=1S/C32H29Si.3ClH.Ti/c1-24-11-7-16-28(21-24)33(29-17-8-12-25(2)22-29,30-18-9-13-26(3)23-30)32-20-10-19-31(32)27-14-5-4-6-15-27;;;;/h4-9,11-19,21-23H,10H2,1-3H3;3*1H;/q;;;;+3/p-3. The molecule has 1 aliphatic carbocycles. The van der Waals surface area contributed by atoms with E-state index in [1.165, 1.54) is 47.3 Å². The number of rotatable bonds is 5. The van der Waals surface area contributed by atoms with E-state index in [1.54, 1.807) is 5.20 Å². The van der Waals surface area contributed by atoms with Crippen molar-refractivity contribution in [3.05, 3.63) is 141 Å². The van der Waals surface area contributed by atoms with Gasteiger partial charge in [-0.05, 0) is 0 Å². The quantitative estimate of drug-likeness (QED) is 0.170. The first kappa shape index (κ1) is 31.4. The topological polar surface area (TPSA) is 0 Å². The molecule has 0 radical (unpaired) electrons. The van der Waals surface area contributed by atoms with E-state index in [4.69, 9.17) is 0 Å². The molecule has 0 bridgehead atoms. The Balaban J connectivity index is 0.00000160. The number of halogens is 3. The minimum atomic E-state index is -2.58. The van der Waals surface area contributed by atoms with Gasteiger partial charge in [0.1, 0.15) is 0 Å². The van der Waals surface area contributed by atoms with Crippen molar-refractivity contribution < 1.29 is 57.7 Å². The summed E-state index contributed by atoms with van der Waals surface area (Å²) in [6, 6.07) is 38.8. The summed E-state index contributed by atoms with van der Waals surface area (Å²) < 4.78 is 1.50. The average Bonchev–Trinajstić information content (AvgIpc) is 3.22. The molecular formula is C32H29Cl3SiTi. The van der Waals surface area contributed by atoms with E-state index in [1.807, 2.05) is 0 Å². The van der Waals surface area contributed by atoms with Crippen LogP contribution in [0.3, 0.4) is 0 Å². The third-order valence-corrected chi connectivity index (χ3v) is 12.8. The molecule has 0 aliphatic heterocycles. The fourth-order valence-electron chi connectivity index (χ4n) is 5.45. The molecule has 0 atom stereocenters. The van der Waals surface area contributed by atoms with Crippen LogP contribution in [-0.2, 0) is 20.4 Å². The maximum atomic E-state index is 2.46. The average molecular weight is 596 g/mol. The Morgan fingerprint density at radius 2 is 1.00 bits per heavy atom. The van der Waals surface area contributed by atoms with Gasteiger partial charge in [0.2, 0.25) is 0 Å². The fourth-order valence-corrected chi connectivity index (χ4v) is 12.1. The summed E-state index contributed by atoms with van der Waals surface area (Å²) in [4.78, 5) is 0. The number of benzene rings is 4. The van der Waals surface area contributed by atoms with Crippen LogP contribution in [0.25, 0.3) is 5.57 Å². The van der Waals surface area contributed by atoms with Crippen LogP contribution in [0.2, 0.25) is 0 Å². The summed E-state index contributed by atoms with van der Waals surface area (Å²) in [5.41, 5.74) is 6.68. The number of aryl methyl sites for hydroxylation is 3. The van der Waals surface area contributed by atoms with Crippen LogP contribution in [0.5, 0.6) is 0 Å². The molecule has 0 spiro atoms. The normalized spacial score (nSPS) is 12.7. The van der Waals surface area contributed by atoms with Gasteiger partial charge in [0.25, 0.3) is 0 Å². The molecule has 0 N–H and O–H groups in total. The second kappa shape index (κ2) is 13.3. The van der Waals surface area contributed by atoms with Gasteiger partial charge in [-0.15, -0.1) is 0 Å². The molecule has 0 unspecified atom stereocenters. The van der Waals surface area contributed by atoms with Gasteiger partial charge in [0, 0.05) is 0 Å². The molecule has 5 heteroatoms. The predicted octanol–water partition coefficient (Wildman–Crippen LogP) is -3.08. The molecular weight excluding hydrogens is 567 g/mol. The fraction of sp³-hybridized carbons (Fsp3) is 0.125. The zero-order chi connectivity index (χ0) is 23.7. The molecule has 37 heavy (non-hydrogen) atoms. The molecule has 0 aromatic heterocycles. The van der Waals surface area contributed by atoms with Crippen molar-refractivity contribution in [1.29, 1.82) is 0 Å². The van der Waals surface area contributed by atoms with Gasteiger partial charge < -0.3 is 37.2 Å². The van der Waals surface area contributed by atoms with Crippen molar-refractivity contribution in [3.8, 4) is 0 Å². The Bertz CT molecular complexity index is 1320. The minimum Gasteiger partial charge on any atom is -1.00 e. The van der Waals surface area contributed by atoms with Gasteiger partial charge in [-0.3, -0.25) is 0 Å². The first-order valence-corrected chi connectivity index (χ1v) is 14.7. The molecule has 0 amide bonds. The molecule has 0 nitrogen and oxygen atoms in total. The molecule has 4 aromatic carbocycles. The van der Waals surface area contributed by atoms with E-state index < -0.39 is 8.07 Å². The summed E-state index contributed by atoms with van der Waals surface area (Å²) in [6.07, 6.45) is 3.47. The zero-order valence-electron chi connectivity index (χ0n) is 21.2. The van der Waals surface area contributed by atoms with Crippen molar-refractivity contribution in [3.63, 3.8) is 0 Å². The van der Waals surface area contributed by atoms with E-state index in [0.717, 1.165) is 6.42 Å². The molecule has 0 fully saturated rings. The Labute approximate surface area is 253 Å². The van der Waals surface area contributed by atoms with E-state index in [9.17, 15) is 0 Å².